The molecule has 2 heterocycles. The van der Waals surface area contributed by atoms with Crippen LogP contribution >= 0.6 is 0 Å². The average Bonchev–Trinajstić information content (AvgIpc) is 2.74. The number of nitrogens with zero attached hydrogens (tertiary/aromatic N) is 1. The number of aromatic nitrogens is 1. The van der Waals surface area contributed by atoms with Crippen LogP contribution in [0.2, 0.25) is 0 Å². The van der Waals surface area contributed by atoms with E-state index in [2.05, 4.69) is 15.6 Å². The van der Waals surface area contributed by atoms with Gasteiger partial charge in [-0.3, -0.25) is 4.79 Å². The van der Waals surface area contributed by atoms with Crippen LogP contribution in [0.1, 0.15) is 24.8 Å². The third-order valence-corrected chi connectivity index (χ3v) is 2.86. The minimum atomic E-state index is 0.0428. The Bertz CT molecular complexity index is 372. The molecular formula is C12H17N3O. The molecule has 2 rings (SSSR count). The molecule has 1 aliphatic rings. The van der Waals surface area contributed by atoms with E-state index in [4.69, 9.17) is 0 Å². The predicted molar refractivity (Wildman–Crippen MR) is 63.2 cm³/mol. The third-order valence-electron chi connectivity index (χ3n) is 2.86. The van der Waals surface area contributed by atoms with Crippen LogP contribution in [0.4, 0.5) is 5.82 Å². The number of carbonyl (C=O) groups excluding carboxylic acids is 1. The van der Waals surface area contributed by atoms with Gasteiger partial charge in [0.25, 0.3) is 0 Å². The number of hydrogen-bond donors (Lipinski definition) is 2. The Labute approximate surface area is 95.5 Å². The molecule has 1 saturated heterocycles. The van der Waals surface area contributed by atoms with Crippen LogP contribution in [0.3, 0.4) is 0 Å². The Kier molecular flexibility index (Phi) is 3.51. The van der Waals surface area contributed by atoms with E-state index in [1.807, 2.05) is 19.1 Å². The molecular weight excluding hydrogens is 202 g/mol. The Morgan fingerprint density at radius 3 is 3.25 bits per heavy atom. The summed E-state index contributed by atoms with van der Waals surface area (Å²) in [4.78, 5) is 15.9. The smallest absolute Gasteiger partial charge is 0.227 e. The second-order valence-electron chi connectivity index (χ2n) is 4.21. The van der Waals surface area contributed by atoms with Crippen molar-refractivity contribution in [3.8, 4) is 0 Å². The van der Waals surface area contributed by atoms with Crippen molar-refractivity contribution < 1.29 is 4.79 Å². The molecule has 1 atom stereocenters. The highest BCUT2D eigenvalue weighted by Crippen LogP contribution is 2.12. The Morgan fingerprint density at radius 1 is 1.69 bits per heavy atom. The average molecular weight is 219 g/mol. The molecule has 16 heavy (non-hydrogen) atoms. The number of pyridine rings is 1. The van der Waals surface area contributed by atoms with Crippen LogP contribution in [0.15, 0.2) is 18.3 Å². The van der Waals surface area contributed by atoms with Crippen molar-refractivity contribution in [2.45, 2.75) is 32.2 Å². The second kappa shape index (κ2) is 5.07. The van der Waals surface area contributed by atoms with Gasteiger partial charge in [-0.15, -0.1) is 0 Å². The highest BCUT2D eigenvalue weighted by Gasteiger charge is 2.17. The quantitative estimate of drug-likeness (QED) is 0.809. The maximum Gasteiger partial charge on any atom is 0.227 e. The zero-order valence-corrected chi connectivity index (χ0v) is 9.49. The van der Waals surface area contributed by atoms with Gasteiger partial charge in [-0.1, -0.05) is 6.07 Å². The van der Waals surface area contributed by atoms with E-state index in [0.29, 0.717) is 18.3 Å². The van der Waals surface area contributed by atoms with Gasteiger partial charge in [0.1, 0.15) is 5.82 Å². The summed E-state index contributed by atoms with van der Waals surface area (Å²) in [7, 11) is 0. The van der Waals surface area contributed by atoms with Crippen LogP contribution in [0.5, 0.6) is 0 Å². The maximum atomic E-state index is 11.7. The highest BCUT2D eigenvalue weighted by molar-refractivity contribution is 5.90. The van der Waals surface area contributed by atoms with E-state index < -0.39 is 0 Å². The normalized spacial score (nSPS) is 19.7. The molecule has 0 radical (unpaired) electrons. The van der Waals surface area contributed by atoms with Crippen molar-refractivity contribution in [1.82, 2.24) is 10.3 Å². The van der Waals surface area contributed by atoms with E-state index in [1.54, 1.807) is 6.20 Å². The summed E-state index contributed by atoms with van der Waals surface area (Å²) in [5.74, 6) is 0.715. The molecule has 1 aliphatic heterocycles. The highest BCUT2D eigenvalue weighted by atomic mass is 16.1. The number of anilines is 1. The lowest BCUT2D eigenvalue weighted by Crippen LogP contribution is -2.27. The molecule has 0 saturated carbocycles. The van der Waals surface area contributed by atoms with Crippen LogP contribution in [0, 0.1) is 6.92 Å². The van der Waals surface area contributed by atoms with Gasteiger partial charge in [-0.25, -0.2) is 4.98 Å². The standard InChI is InChI=1S/C12H17N3O/c1-9-4-2-7-14-12(9)15-11(16)8-10-5-3-6-13-10/h2,4,7,10,13H,3,5-6,8H2,1H3,(H,14,15,16). The topological polar surface area (TPSA) is 54.0 Å². The molecule has 0 bridgehead atoms. The van der Waals surface area contributed by atoms with Gasteiger partial charge in [0.05, 0.1) is 0 Å². The number of amides is 1. The molecule has 0 aliphatic carbocycles. The molecule has 1 aromatic rings. The Balaban J connectivity index is 1.89. The van der Waals surface area contributed by atoms with Crippen molar-refractivity contribution in [3.63, 3.8) is 0 Å². The predicted octanol–water partition coefficient (Wildman–Crippen LogP) is 1.47. The van der Waals surface area contributed by atoms with Crippen molar-refractivity contribution in [2.75, 3.05) is 11.9 Å². The molecule has 4 heteroatoms. The first-order valence-electron chi connectivity index (χ1n) is 5.70. The molecule has 86 valence electrons. The fourth-order valence-electron chi connectivity index (χ4n) is 1.95. The summed E-state index contributed by atoms with van der Waals surface area (Å²) in [6, 6.07) is 4.14. The van der Waals surface area contributed by atoms with Crippen LogP contribution in [-0.2, 0) is 4.79 Å². The second-order valence-corrected chi connectivity index (χ2v) is 4.21. The van der Waals surface area contributed by atoms with Gasteiger partial charge in [0.2, 0.25) is 5.91 Å². The fourth-order valence-corrected chi connectivity index (χ4v) is 1.95. The largest absolute Gasteiger partial charge is 0.313 e. The SMILES string of the molecule is Cc1cccnc1NC(=O)CC1CCCN1. The number of aryl methyl sites for hydroxylation is 1. The first-order chi connectivity index (χ1) is 7.75. The van der Waals surface area contributed by atoms with Crippen molar-refractivity contribution in [3.05, 3.63) is 23.9 Å². The van der Waals surface area contributed by atoms with E-state index >= 15 is 0 Å². The minimum Gasteiger partial charge on any atom is -0.313 e. The summed E-state index contributed by atoms with van der Waals surface area (Å²) in [6.45, 7) is 2.97. The van der Waals surface area contributed by atoms with Gasteiger partial charge in [0, 0.05) is 18.7 Å². The summed E-state index contributed by atoms with van der Waals surface area (Å²) < 4.78 is 0. The molecule has 4 nitrogen and oxygen atoms in total. The van der Waals surface area contributed by atoms with E-state index in [1.165, 1.54) is 6.42 Å². The van der Waals surface area contributed by atoms with Gasteiger partial charge in [-0.05, 0) is 37.9 Å². The fraction of sp³-hybridized carbons (Fsp3) is 0.500. The number of hydrogen-bond acceptors (Lipinski definition) is 3. The van der Waals surface area contributed by atoms with E-state index in [-0.39, 0.29) is 5.91 Å². The maximum absolute atomic E-state index is 11.7. The first-order valence-corrected chi connectivity index (χ1v) is 5.70. The zero-order chi connectivity index (χ0) is 11.4. The van der Waals surface area contributed by atoms with Crippen LogP contribution < -0.4 is 10.6 Å². The first kappa shape index (κ1) is 11.1. The van der Waals surface area contributed by atoms with Crippen LogP contribution in [-0.4, -0.2) is 23.5 Å². The lowest BCUT2D eigenvalue weighted by Gasteiger charge is -2.10. The zero-order valence-electron chi connectivity index (χ0n) is 9.49. The van der Waals surface area contributed by atoms with Crippen molar-refractivity contribution >= 4 is 11.7 Å². The summed E-state index contributed by atoms with van der Waals surface area (Å²) in [6.07, 6.45) is 4.49. The minimum absolute atomic E-state index is 0.0428. The molecule has 0 spiro atoms. The van der Waals surface area contributed by atoms with Gasteiger partial charge in [-0.2, -0.15) is 0 Å². The molecule has 1 fully saturated rings. The lowest BCUT2D eigenvalue weighted by molar-refractivity contribution is -0.116. The van der Waals surface area contributed by atoms with Gasteiger partial charge < -0.3 is 10.6 Å². The Hall–Kier alpha value is -1.42. The van der Waals surface area contributed by atoms with Crippen LogP contribution in [0.25, 0.3) is 0 Å². The number of rotatable bonds is 3. The van der Waals surface area contributed by atoms with Crippen molar-refractivity contribution in [2.24, 2.45) is 0 Å². The Morgan fingerprint density at radius 2 is 2.56 bits per heavy atom. The molecule has 2 N–H and O–H groups in total. The number of nitrogens with one attached hydrogen (secondary N) is 2. The van der Waals surface area contributed by atoms with Crippen molar-refractivity contribution in [1.29, 1.82) is 0 Å². The monoisotopic (exact) mass is 219 g/mol. The molecule has 1 amide bonds. The van der Waals surface area contributed by atoms with Gasteiger partial charge >= 0.3 is 0 Å². The summed E-state index contributed by atoms with van der Waals surface area (Å²) >= 11 is 0. The molecule has 0 aromatic carbocycles. The van der Waals surface area contributed by atoms with E-state index in [0.717, 1.165) is 18.5 Å². The van der Waals surface area contributed by atoms with E-state index in [9.17, 15) is 4.79 Å². The van der Waals surface area contributed by atoms with Gasteiger partial charge in [0.15, 0.2) is 0 Å². The lowest BCUT2D eigenvalue weighted by atomic mass is 10.1. The third kappa shape index (κ3) is 2.79. The number of carbonyl (C=O) groups is 1. The molecule has 1 aromatic heterocycles. The molecule has 1 unspecified atom stereocenters. The summed E-state index contributed by atoms with van der Waals surface area (Å²) in [5, 5.41) is 6.15. The summed E-state index contributed by atoms with van der Waals surface area (Å²) in [5.41, 5.74) is 0.996.